The van der Waals surface area contributed by atoms with Crippen LogP contribution < -0.4 is 0 Å². The third-order valence-corrected chi connectivity index (χ3v) is 2.03. The van der Waals surface area contributed by atoms with Crippen LogP contribution in [0.5, 0.6) is 5.75 Å². The fourth-order valence-electron chi connectivity index (χ4n) is 0.906. The smallest absolute Gasteiger partial charge is 0.179 e. The average molecular weight is 214 g/mol. The Bertz CT molecular complexity index is 396. The summed E-state index contributed by atoms with van der Waals surface area (Å²) in [6.45, 7) is 0. The van der Waals surface area contributed by atoms with E-state index in [1.54, 1.807) is 6.20 Å². The molecule has 0 saturated carbocycles. The lowest BCUT2D eigenvalue weighted by molar-refractivity contribution is 0.462. The normalized spacial score (nSPS) is 10.6. The van der Waals surface area contributed by atoms with Crippen molar-refractivity contribution in [2.24, 2.45) is 0 Å². The predicted octanol–water partition coefficient (Wildman–Crippen LogP) is 2.30. The van der Waals surface area contributed by atoms with Gasteiger partial charge in [0.15, 0.2) is 11.3 Å². The SMILES string of the molecule is Oc1cncc2c(Br)coc12. The zero-order valence-corrected chi connectivity index (χ0v) is 7.00. The second-order valence-corrected chi connectivity index (χ2v) is 2.97. The van der Waals surface area contributed by atoms with Crippen LogP contribution in [0.2, 0.25) is 0 Å². The van der Waals surface area contributed by atoms with Gasteiger partial charge in [-0.25, -0.2) is 0 Å². The summed E-state index contributed by atoms with van der Waals surface area (Å²) in [6, 6.07) is 0. The first-order valence-electron chi connectivity index (χ1n) is 2.98. The fourth-order valence-corrected chi connectivity index (χ4v) is 1.28. The van der Waals surface area contributed by atoms with Crippen molar-refractivity contribution in [2.75, 3.05) is 0 Å². The maximum Gasteiger partial charge on any atom is 0.179 e. The molecule has 0 atom stereocenters. The lowest BCUT2D eigenvalue weighted by Crippen LogP contribution is -1.71. The largest absolute Gasteiger partial charge is 0.503 e. The third kappa shape index (κ3) is 0.903. The van der Waals surface area contributed by atoms with Crippen LogP contribution in [0.1, 0.15) is 0 Å². The van der Waals surface area contributed by atoms with Crippen molar-refractivity contribution in [2.45, 2.75) is 0 Å². The summed E-state index contributed by atoms with van der Waals surface area (Å²) in [7, 11) is 0. The Morgan fingerprint density at radius 1 is 1.45 bits per heavy atom. The maximum atomic E-state index is 9.21. The first kappa shape index (κ1) is 6.67. The van der Waals surface area contributed by atoms with E-state index in [-0.39, 0.29) is 5.75 Å². The molecule has 0 spiro atoms. The van der Waals surface area contributed by atoms with Gasteiger partial charge in [0.2, 0.25) is 0 Å². The molecule has 0 aromatic carbocycles. The number of pyridine rings is 1. The Balaban J connectivity index is 2.94. The summed E-state index contributed by atoms with van der Waals surface area (Å²) >= 11 is 3.26. The van der Waals surface area contributed by atoms with Gasteiger partial charge in [0.05, 0.1) is 16.1 Å². The van der Waals surface area contributed by atoms with Gasteiger partial charge in [-0.05, 0) is 15.9 Å². The number of hydrogen-bond acceptors (Lipinski definition) is 3. The zero-order valence-electron chi connectivity index (χ0n) is 5.41. The minimum atomic E-state index is 0.0631. The molecule has 56 valence electrons. The molecule has 4 heteroatoms. The molecule has 0 aliphatic heterocycles. The van der Waals surface area contributed by atoms with Crippen LogP contribution in [0.15, 0.2) is 27.5 Å². The highest BCUT2D eigenvalue weighted by Gasteiger charge is 2.06. The highest BCUT2D eigenvalue weighted by molar-refractivity contribution is 9.10. The summed E-state index contributed by atoms with van der Waals surface area (Å²) in [5, 5.41) is 9.99. The zero-order chi connectivity index (χ0) is 7.84. The van der Waals surface area contributed by atoms with Crippen LogP contribution in [0.4, 0.5) is 0 Å². The van der Waals surface area contributed by atoms with Crippen LogP contribution in [-0.2, 0) is 0 Å². The number of fused-ring (bicyclic) bond motifs is 1. The van der Waals surface area contributed by atoms with Crippen molar-refractivity contribution in [3.8, 4) is 5.75 Å². The second-order valence-electron chi connectivity index (χ2n) is 2.12. The van der Waals surface area contributed by atoms with Crippen molar-refractivity contribution >= 4 is 26.9 Å². The van der Waals surface area contributed by atoms with E-state index in [1.807, 2.05) is 0 Å². The number of aromatic nitrogens is 1. The minimum absolute atomic E-state index is 0.0631. The van der Waals surface area contributed by atoms with Crippen LogP contribution in [-0.4, -0.2) is 10.1 Å². The first-order chi connectivity index (χ1) is 5.29. The molecule has 0 saturated heterocycles. The molecular formula is C7H4BrNO2. The van der Waals surface area contributed by atoms with Gasteiger partial charge in [-0.15, -0.1) is 0 Å². The molecule has 2 rings (SSSR count). The fraction of sp³-hybridized carbons (Fsp3) is 0. The topological polar surface area (TPSA) is 46.3 Å². The third-order valence-electron chi connectivity index (χ3n) is 1.42. The van der Waals surface area contributed by atoms with E-state index in [0.29, 0.717) is 5.58 Å². The molecule has 0 radical (unpaired) electrons. The molecule has 0 amide bonds. The van der Waals surface area contributed by atoms with Gasteiger partial charge < -0.3 is 9.52 Å². The van der Waals surface area contributed by atoms with Gasteiger partial charge in [0.1, 0.15) is 6.26 Å². The van der Waals surface area contributed by atoms with E-state index in [0.717, 1.165) is 9.86 Å². The minimum Gasteiger partial charge on any atom is -0.503 e. The summed E-state index contributed by atoms with van der Waals surface area (Å²) in [5.41, 5.74) is 0.465. The van der Waals surface area contributed by atoms with Crippen LogP contribution >= 0.6 is 15.9 Å². The van der Waals surface area contributed by atoms with E-state index < -0.39 is 0 Å². The molecule has 2 aromatic heterocycles. The predicted molar refractivity (Wildman–Crippen MR) is 43.4 cm³/mol. The maximum absolute atomic E-state index is 9.21. The van der Waals surface area contributed by atoms with E-state index in [2.05, 4.69) is 20.9 Å². The van der Waals surface area contributed by atoms with Crippen molar-refractivity contribution in [1.29, 1.82) is 0 Å². The molecule has 0 aliphatic rings. The Morgan fingerprint density at radius 2 is 2.27 bits per heavy atom. The summed E-state index contributed by atoms with van der Waals surface area (Å²) in [5.74, 6) is 0.0631. The van der Waals surface area contributed by atoms with Gasteiger partial charge in [0.25, 0.3) is 0 Å². The molecule has 0 unspecified atom stereocenters. The number of furan rings is 1. The van der Waals surface area contributed by atoms with E-state index >= 15 is 0 Å². The number of hydrogen-bond donors (Lipinski definition) is 1. The Morgan fingerprint density at radius 3 is 3.00 bits per heavy atom. The Labute approximate surface area is 70.8 Å². The monoisotopic (exact) mass is 213 g/mol. The van der Waals surface area contributed by atoms with Crippen molar-refractivity contribution in [3.05, 3.63) is 23.1 Å². The van der Waals surface area contributed by atoms with Crippen LogP contribution in [0.3, 0.4) is 0 Å². The number of nitrogens with zero attached hydrogens (tertiary/aromatic N) is 1. The highest BCUT2D eigenvalue weighted by atomic mass is 79.9. The van der Waals surface area contributed by atoms with Crippen molar-refractivity contribution in [1.82, 2.24) is 4.98 Å². The first-order valence-corrected chi connectivity index (χ1v) is 3.78. The van der Waals surface area contributed by atoms with E-state index in [9.17, 15) is 5.11 Å². The van der Waals surface area contributed by atoms with Crippen LogP contribution in [0.25, 0.3) is 11.0 Å². The lowest BCUT2D eigenvalue weighted by Gasteiger charge is -1.89. The molecule has 0 aliphatic carbocycles. The number of halogens is 1. The molecule has 2 heterocycles. The Kier molecular flexibility index (Phi) is 1.35. The average Bonchev–Trinajstić information content (AvgIpc) is 2.35. The van der Waals surface area contributed by atoms with Gasteiger partial charge in [0, 0.05) is 6.20 Å². The molecule has 3 nitrogen and oxygen atoms in total. The molecule has 0 fully saturated rings. The molecule has 0 bridgehead atoms. The Hall–Kier alpha value is -1.03. The molecule has 1 N–H and O–H groups in total. The van der Waals surface area contributed by atoms with E-state index in [1.165, 1.54) is 12.5 Å². The van der Waals surface area contributed by atoms with Gasteiger partial charge >= 0.3 is 0 Å². The number of aromatic hydroxyl groups is 1. The highest BCUT2D eigenvalue weighted by Crippen LogP contribution is 2.30. The van der Waals surface area contributed by atoms with Gasteiger partial charge in [-0.2, -0.15) is 0 Å². The summed E-state index contributed by atoms with van der Waals surface area (Å²) in [4.78, 5) is 3.81. The summed E-state index contributed by atoms with van der Waals surface area (Å²) < 4.78 is 5.84. The summed E-state index contributed by atoms with van der Waals surface area (Å²) in [6.07, 6.45) is 4.49. The lowest BCUT2D eigenvalue weighted by atomic mass is 10.3. The van der Waals surface area contributed by atoms with Crippen molar-refractivity contribution < 1.29 is 9.52 Å². The van der Waals surface area contributed by atoms with Crippen molar-refractivity contribution in [3.63, 3.8) is 0 Å². The van der Waals surface area contributed by atoms with E-state index in [4.69, 9.17) is 4.42 Å². The quantitative estimate of drug-likeness (QED) is 0.731. The molecule has 11 heavy (non-hydrogen) atoms. The second kappa shape index (κ2) is 2.23. The number of rotatable bonds is 0. The molecule has 2 aromatic rings. The van der Waals surface area contributed by atoms with Crippen LogP contribution in [0, 0.1) is 0 Å². The molecular weight excluding hydrogens is 210 g/mol. The van der Waals surface area contributed by atoms with Gasteiger partial charge in [-0.1, -0.05) is 0 Å². The van der Waals surface area contributed by atoms with Gasteiger partial charge in [-0.3, -0.25) is 4.98 Å². The standard InChI is InChI=1S/C7H4BrNO2/c8-5-3-11-7-4(5)1-9-2-6(7)10/h1-3,10H.